The second-order valence-corrected chi connectivity index (χ2v) is 5.91. The SMILES string of the molecule is CNC(=O)[C@@H](NC(=O)c1ccc(C)cc1O)C(C)(C)C. The van der Waals surface area contributed by atoms with Crippen molar-refractivity contribution in [2.45, 2.75) is 33.7 Å². The lowest BCUT2D eigenvalue weighted by molar-refractivity contribution is -0.124. The zero-order valence-electron chi connectivity index (χ0n) is 12.6. The molecule has 0 unspecified atom stereocenters. The third-order valence-electron chi connectivity index (χ3n) is 3.05. The van der Waals surface area contributed by atoms with Crippen LogP contribution in [0.2, 0.25) is 0 Å². The van der Waals surface area contributed by atoms with Gasteiger partial charge in [-0.3, -0.25) is 9.59 Å². The number of hydrogen-bond acceptors (Lipinski definition) is 3. The van der Waals surface area contributed by atoms with Gasteiger partial charge in [0.1, 0.15) is 11.8 Å². The molecule has 0 saturated heterocycles. The summed E-state index contributed by atoms with van der Waals surface area (Å²) in [4.78, 5) is 24.1. The first-order valence-corrected chi connectivity index (χ1v) is 6.49. The van der Waals surface area contributed by atoms with Gasteiger partial charge in [-0.25, -0.2) is 0 Å². The molecule has 3 N–H and O–H groups in total. The van der Waals surface area contributed by atoms with E-state index in [2.05, 4.69) is 10.6 Å². The van der Waals surface area contributed by atoms with Crippen molar-refractivity contribution < 1.29 is 14.7 Å². The summed E-state index contributed by atoms with van der Waals surface area (Å²) in [5, 5.41) is 15.0. The largest absolute Gasteiger partial charge is 0.507 e. The van der Waals surface area contributed by atoms with Crippen molar-refractivity contribution in [2.24, 2.45) is 5.41 Å². The average Bonchev–Trinajstić information content (AvgIpc) is 2.33. The Morgan fingerprint density at radius 2 is 1.85 bits per heavy atom. The predicted molar refractivity (Wildman–Crippen MR) is 77.6 cm³/mol. The maximum absolute atomic E-state index is 12.2. The van der Waals surface area contributed by atoms with E-state index in [-0.39, 0.29) is 17.2 Å². The molecule has 2 amide bonds. The molecule has 1 rings (SSSR count). The van der Waals surface area contributed by atoms with E-state index in [9.17, 15) is 14.7 Å². The summed E-state index contributed by atoms with van der Waals surface area (Å²) in [6.07, 6.45) is 0. The Morgan fingerprint density at radius 3 is 2.30 bits per heavy atom. The number of amides is 2. The molecule has 0 aliphatic heterocycles. The molecule has 0 radical (unpaired) electrons. The highest BCUT2D eigenvalue weighted by Crippen LogP contribution is 2.22. The van der Waals surface area contributed by atoms with Crippen molar-refractivity contribution >= 4 is 11.8 Å². The summed E-state index contributed by atoms with van der Waals surface area (Å²) in [5.41, 5.74) is 0.585. The van der Waals surface area contributed by atoms with Gasteiger partial charge in [-0.1, -0.05) is 26.8 Å². The molecule has 1 aromatic rings. The molecular formula is C15H22N2O3. The number of benzene rings is 1. The lowest BCUT2D eigenvalue weighted by Crippen LogP contribution is -2.52. The summed E-state index contributed by atoms with van der Waals surface area (Å²) >= 11 is 0. The number of likely N-dealkylation sites (N-methyl/N-ethyl adjacent to an activating group) is 1. The maximum atomic E-state index is 12.2. The maximum Gasteiger partial charge on any atom is 0.255 e. The van der Waals surface area contributed by atoms with Gasteiger partial charge in [0.15, 0.2) is 0 Å². The molecule has 0 fully saturated rings. The molecule has 0 saturated carbocycles. The van der Waals surface area contributed by atoms with Crippen LogP contribution in [-0.2, 0) is 4.79 Å². The Bertz CT molecular complexity index is 518. The normalized spacial score (nSPS) is 12.7. The number of carbonyl (C=O) groups excluding carboxylic acids is 2. The first-order valence-electron chi connectivity index (χ1n) is 6.49. The Morgan fingerprint density at radius 1 is 1.25 bits per heavy atom. The summed E-state index contributed by atoms with van der Waals surface area (Å²) in [5.74, 6) is -0.824. The van der Waals surface area contributed by atoms with Crippen molar-refractivity contribution in [2.75, 3.05) is 7.05 Å². The minimum atomic E-state index is -0.680. The minimum absolute atomic E-state index is 0.0907. The van der Waals surface area contributed by atoms with Gasteiger partial charge in [0.05, 0.1) is 5.56 Å². The molecule has 5 nitrogen and oxygen atoms in total. The summed E-state index contributed by atoms with van der Waals surface area (Å²) < 4.78 is 0. The van der Waals surface area contributed by atoms with Gasteiger partial charge >= 0.3 is 0 Å². The van der Waals surface area contributed by atoms with Crippen molar-refractivity contribution in [3.05, 3.63) is 29.3 Å². The topological polar surface area (TPSA) is 78.4 Å². The molecule has 0 aliphatic carbocycles. The van der Waals surface area contributed by atoms with Crippen molar-refractivity contribution in [1.82, 2.24) is 10.6 Å². The van der Waals surface area contributed by atoms with Crippen molar-refractivity contribution in [1.29, 1.82) is 0 Å². The van der Waals surface area contributed by atoms with Crippen LogP contribution >= 0.6 is 0 Å². The highest BCUT2D eigenvalue weighted by atomic mass is 16.3. The van der Waals surface area contributed by atoms with E-state index in [1.165, 1.54) is 13.1 Å². The number of hydrogen-bond donors (Lipinski definition) is 3. The van der Waals surface area contributed by atoms with Gasteiger partial charge < -0.3 is 15.7 Å². The highest BCUT2D eigenvalue weighted by Gasteiger charge is 2.32. The van der Waals surface area contributed by atoms with Crippen LogP contribution in [0.5, 0.6) is 5.75 Å². The molecular weight excluding hydrogens is 256 g/mol. The van der Waals surface area contributed by atoms with E-state index in [4.69, 9.17) is 0 Å². The summed E-state index contributed by atoms with van der Waals surface area (Å²) in [7, 11) is 1.52. The molecule has 0 aromatic heterocycles. The first kappa shape index (κ1) is 16.0. The van der Waals surface area contributed by atoms with Crippen LogP contribution < -0.4 is 10.6 Å². The number of aryl methyl sites for hydroxylation is 1. The Balaban J connectivity index is 3.00. The zero-order chi connectivity index (χ0) is 15.5. The van der Waals surface area contributed by atoms with Crippen molar-refractivity contribution in [3.8, 4) is 5.75 Å². The molecule has 110 valence electrons. The second kappa shape index (κ2) is 5.94. The third kappa shape index (κ3) is 3.73. The van der Waals surface area contributed by atoms with Gasteiger partial charge in [-0.2, -0.15) is 0 Å². The smallest absolute Gasteiger partial charge is 0.255 e. The first-order chi connectivity index (χ1) is 9.16. The van der Waals surface area contributed by atoms with Gasteiger partial charge in [0.25, 0.3) is 5.91 Å². The Hall–Kier alpha value is -2.04. The number of nitrogens with one attached hydrogen (secondary N) is 2. The number of carbonyl (C=O) groups is 2. The molecule has 0 aliphatic rings. The Kier molecular flexibility index (Phi) is 4.76. The summed E-state index contributed by atoms with van der Waals surface area (Å²) in [6, 6.07) is 4.12. The quantitative estimate of drug-likeness (QED) is 0.785. The number of aromatic hydroxyl groups is 1. The van der Waals surface area contributed by atoms with E-state index in [0.29, 0.717) is 0 Å². The van der Waals surface area contributed by atoms with E-state index >= 15 is 0 Å². The van der Waals surface area contributed by atoms with Crippen LogP contribution in [-0.4, -0.2) is 30.0 Å². The molecule has 0 bridgehead atoms. The third-order valence-corrected chi connectivity index (χ3v) is 3.05. The number of phenolic OH excluding ortho intramolecular Hbond substituents is 1. The van der Waals surface area contributed by atoms with Gasteiger partial charge in [0.2, 0.25) is 5.91 Å². The standard InChI is InChI=1S/C15H22N2O3/c1-9-6-7-10(11(18)8-9)13(19)17-12(14(20)16-5)15(2,3)4/h6-8,12,18H,1-5H3,(H,16,20)(H,17,19)/t12-/m1/s1. The molecule has 5 heteroatoms. The molecule has 0 heterocycles. The van der Waals surface area contributed by atoms with E-state index < -0.39 is 17.4 Å². The fourth-order valence-corrected chi connectivity index (χ4v) is 1.86. The second-order valence-electron chi connectivity index (χ2n) is 5.91. The van der Waals surface area contributed by atoms with Gasteiger partial charge in [-0.05, 0) is 30.0 Å². The molecule has 0 spiro atoms. The molecule has 1 aromatic carbocycles. The fraction of sp³-hybridized carbons (Fsp3) is 0.467. The lowest BCUT2D eigenvalue weighted by atomic mass is 9.86. The van der Waals surface area contributed by atoms with Crippen molar-refractivity contribution in [3.63, 3.8) is 0 Å². The van der Waals surface area contributed by atoms with E-state index in [1.54, 1.807) is 12.1 Å². The van der Waals surface area contributed by atoms with Crippen LogP contribution in [0.1, 0.15) is 36.7 Å². The predicted octanol–water partition coefficient (Wildman–Crippen LogP) is 1.59. The highest BCUT2D eigenvalue weighted by molar-refractivity contribution is 5.99. The van der Waals surface area contributed by atoms with Gasteiger partial charge in [-0.15, -0.1) is 0 Å². The molecule has 20 heavy (non-hydrogen) atoms. The van der Waals surface area contributed by atoms with E-state index in [1.807, 2.05) is 27.7 Å². The lowest BCUT2D eigenvalue weighted by Gasteiger charge is -2.29. The van der Waals surface area contributed by atoms with Crippen LogP contribution in [0.15, 0.2) is 18.2 Å². The average molecular weight is 278 g/mol. The monoisotopic (exact) mass is 278 g/mol. The fourth-order valence-electron chi connectivity index (χ4n) is 1.86. The van der Waals surface area contributed by atoms with Crippen LogP contribution in [0.25, 0.3) is 0 Å². The van der Waals surface area contributed by atoms with Gasteiger partial charge in [0, 0.05) is 7.05 Å². The summed E-state index contributed by atoms with van der Waals surface area (Å²) in [6.45, 7) is 7.41. The van der Waals surface area contributed by atoms with Crippen LogP contribution in [0, 0.1) is 12.3 Å². The van der Waals surface area contributed by atoms with Crippen LogP contribution in [0.3, 0.4) is 0 Å². The van der Waals surface area contributed by atoms with Crippen LogP contribution in [0.4, 0.5) is 0 Å². The number of rotatable bonds is 3. The molecule has 1 atom stereocenters. The zero-order valence-corrected chi connectivity index (χ0v) is 12.6. The van der Waals surface area contributed by atoms with E-state index in [0.717, 1.165) is 5.56 Å². The number of phenols is 1. The minimum Gasteiger partial charge on any atom is -0.507 e. The Labute approximate surface area is 119 Å².